The van der Waals surface area contributed by atoms with Crippen molar-refractivity contribution < 1.29 is 0 Å². The van der Waals surface area contributed by atoms with Crippen LogP contribution in [0.5, 0.6) is 0 Å². The van der Waals surface area contributed by atoms with E-state index in [0.717, 1.165) is 28.0 Å². The van der Waals surface area contributed by atoms with Crippen LogP contribution in [0.15, 0.2) is 103 Å². The Morgan fingerprint density at radius 1 is 0.756 bits per heavy atom. The Labute approximate surface area is 250 Å². The Kier molecular flexibility index (Phi) is 6.25. The molecule has 1 spiro atoms. The van der Waals surface area contributed by atoms with Gasteiger partial charge >= 0.3 is 0 Å². The Hall–Kier alpha value is -3.29. The lowest BCUT2D eigenvalue weighted by atomic mass is 9.55. The number of anilines is 3. The van der Waals surface area contributed by atoms with E-state index >= 15 is 0 Å². The monoisotopic (exact) mass is 557 g/mol. The summed E-state index contributed by atoms with van der Waals surface area (Å²) in [4.78, 5) is 2.38. The molecule has 0 N–H and O–H groups in total. The number of benzene rings is 4. The molecule has 1 fully saturated rings. The third-order valence-electron chi connectivity index (χ3n) is 10.1. The van der Waals surface area contributed by atoms with Crippen LogP contribution in [0.3, 0.4) is 0 Å². The molecule has 0 heterocycles. The van der Waals surface area contributed by atoms with E-state index in [0.29, 0.717) is 11.8 Å². The van der Waals surface area contributed by atoms with Gasteiger partial charge in [0.25, 0.3) is 0 Å². The van der Waals surface area contributed by atoms with Crippen LogP contribution in [0.2, 0.25) is 5.02 Å². The van der Waals surface area contributed by atoms with Crippen molar-refractivity contribution in [2.75, 3.05) is 4.90 Å². The molecule has 2 bridgehead atoms. The molecule has 0 saturated heterocycles. The van der Waals surface area contributed by atoms with Gasteiger partial charge in [0.1, 0.15) is 0 Å². The van der Waals surface area contributed by atoms with E-state index in [-0.39, 0.29) is 10.8 Å². The average molecular weight is 558 g/mol. The highest BCUT2D eigenvalue weighted by atomic mass is 35.5. The fraction of sp³-hybridized carbons (Fsp3) is 0.333. The number of fused-ring (bicyclic) bond motifs is 8. The van der Waals surface area contributed by atoms with Gasteiger partial charge in [0, 0.05) is 28.0 Å². The number of hydrogen-bond acceptors (Lipinski definition) is 1. The second-order valence-corrected chi connectivity index (χ2v) is 14.2. The molecule has 0 aromatic heterocycles. The predicted molar refractivity (Wildman–Crippen MR) is 175 cm³/mol. The number of nitrogens with zero attached hydrogens (tertiary/aromatic N) is 1. The molecule has 0 amide bonds. The van der Waals surface area contributed by atoms with Gasteiger partial charge in [-0.3, -0.25) is 0 Å². The van der Waals surface area contributed by atoms with Crippen molar-refractivity contribution in [2.45, 2.75) is 64.7 Å². The zero-order valence-corrected chi connectivity index (χ0v) is 25.7. The summed E-state index contributed by atoms with van der Waals surface area (Å²) in [6, 6.07) is 33.5. The topological polar surface area (TPSA) is 3.24 Å². The largest absolute Gasteiger partial charge is 0.310 e. The van der Waals surface area contributed by atoms with Crippen LogP contribution >= 0.6 is 11.6 Å². The van der Waals surface area contributed by atoms with Crippen LogP contribution < -0.4 is 4.90 Å². The minimum atomic E-state index is -0.140. The molecular weight excluding hydrogens is 518 g/mol. The number of hydrogen-bond donors (Lipinski definition) is 0. The van der Waals surface area contributed by atoms with Crippen LogP contribution in [0.4, 0.5) is 17.1 Å². The molecule has 4 atom stereocenters. The van der Waals surface area contributed by atoms with Crippen LogP contribution in [-0.2, 0) is 10.8 Å². The van der Waals surface area contributed by atoms with Gasteiger partial charge in [-0.2, -0.15) is 0 Å². The lowest BCUT2D eigenvalue weighted by Crippen LogP contribution is -2.42. The van der Waals surface area contributed by atoms with E-state index in [1.165, 1.54) is 47.1 Å². The fourth-order valence-corrected chi connectivity index (χ4v) is 8.52. The zero-order valence-electron chi connectivity index (χ0n) is 24.9. The first-order chi connectivity index (χ1) is 19.7. The van der Waals surface area contributed by atoms with E-state index in [2.05, 4.69) is 137 Å². The molecule has 1 nitrogen and oxygen atoms in total. The van der Waals surface area contributed by atoms with Gasteiger partial charge in [-0.1, -0.05) is 106 Å². The number of allylic oxidation sites excluding steroid dienone is 2. The van der Waals surface area contributed by atoms with Crippen molar-refractivity contribution in [3.8, 4) is 11.1 Å². The second-order valence-electron chi connectivity index (χ2n) is 13.8. The lowest BCUT2D eigenvalue weighted by Gasteiger charge is -2.49. The summed E-state index contributed by atoms with van der Waals surface area (Å²) < 4.78 is 0. The Morgan fingerprint density at radius 2 is 1.44 bits per heavy atom. The number of halogens is 1. The van der Waals surface area contributed by atoms with E-state index in [9.17, 15) is 0 Å². The Balaban J connectivity index is 1.47. The van der Waals surface area contributed by atoms with Gasteiger partial charge in [-0.15, -0.1) is 0 Å². The van der Waals surface area contributed by atoms with E-state index in [1.807, 2.05) is 0 Å². The summed E-state index contributed by atoms with van der Waals surface area (Å²) in [5.41, 5.74) is 11.6. The maximum absolute atomic E-state index is 7.36. The Bertz CT molecular complexity index is 1640. The van der Waals surface area contributed by atoms with E-state index < -0.39 is 0 Å². The average Bonchev–Trinajstić information content (AvgIpc) is 3.23. The molecule has 4 aromatic carbocycles. The number of para-hydroxylation sites is 1. The second kappa shape index (κ2) is 9.63. The molecule has 7 rings (SSSR count). The first-order valence-electron chi connectivity index (χ1n) is 15.3. The zero-order chi connectivity index (χ0) is 28.5. The molecule has 1 saturated carbocycles. The first-order valence-corrected chi connectivity index (χ1v) is 15.6. The van der Waals surface area contributed by atoms with Crippen molar-refractivity contribution in [3.05, 3.63) is 124 Å². The Morgan fingerprint density at radius 3 is 2.17 bits per heavy atom. The summed E-state index contributed by atoms with van der Waals surface area (Å²) in [6.07, 6.45) is 6.48. The third-order valence-corrected chi connectivity index (χ3v) is 10.4. The van der Waals surface area contributed by atoms with Crippen LogP contribution in [0, 0.1) is 17.8 Å². The molecule has 0 radical (unpaired) electrons. The van der Waals surface area contributed by atoms with Crippen molar-refractivity contribution in [2.24, 2.45) is 17.8 Å². The van der Waals surface area contributed by atoms with Crippen molar-refractivity contribution in [3.63, 3.8) is 0 Å². The minimum absolute atomic E-state index is 0.102. The molecule has 2 heteroatoms. The fourth-order valence-electron chi connectivity index (χ4n) is 8.20. The molecule has 41 heavy (non-hydrogen) atoms. The highest BCUT2D eigenvalue weighted by Gasteiger charge is 2.52. The maximum atomic E-state index is 7.36. The highest BCUT2D eigenvalue weighted by molar-refractivity contribution is 6.34. The molecule has 3 aliphatic rings. The lowest BCUT2D eigenvalue weighted by molar-refractivity contribution is 0.168. The van der Waals surface area contributed by atoms with Gasteiger partial charge in [0.2, 0.25) is 0 Å². The standard InChI is InChI=1S/C39H40ClN/c1-25-19-27-21-29(20-25)39(24-26(27)2)34-14-10-9-13-33(34)37-35(39)22-32(23-36(37)40)41(30-11-7-6-8-12-30)31-17-15-28(16-18-31)38(3,4)5/h6-18,22-25,27,29H,19-21H2,1-5H3. The van der Waals surface area contributed by atoms with Crippen LogP contribution in [0.1, 0.15) is 70.6 Å². The van der Waals surface area contributed by atoms with Gasteiger partial charge in [-0.25, -0.2) is 0 Å². The van der Waals surface area contributed by atoms with Crippen molar-refractivity contribution in [1.82, 2.24) is 0 Å². The minimum Gasteiger partial charge on any atom is -0.310 e. The summed E-state index contributed by atoms with van der Waals surface area (Å²) in [6.45, 7) is 11.6. The van der Waals surface area contributed by atoms with Gasteiger partial charge in [0.05, 0.1) is 5.02 Å². The maximum Gasteiger partial charge on any atom is 0.0508 e. The van der Waals surface area contributed by atoms with Crippen molar-refractivity contribution in [1.29, 1.82) is 0 Å². The molecule has 3 aliphatic carbocycles. The summed E-state index contributed by atoms with van der Waals surface area (Å²) in [5, 5.41) is 0.839. The smallest absolute Gasteiger partial charge is 0.0508 e. The molecule has 4 aromatic rings. The van der Waals surface area contributed by atoms with Gasteiger partial charge < -0.3 is 4.90 Å². The predicted octanol–water partition coefficient (Wildman–Crippen LogP) is 11.4. The SMILES string of the molecule is CC1=CC2(c3ccccc3-c3c(Cl)cc(N(c4ccccc4)c4ccc(C(C)(C)C)cc4)cc32)C2CC(C)CC1C2. The third kappa shape index (κ3) is 4.19. The van der Waals surface area contributed by atoms with E-state index in [4.69, 9.17) is 11.6 Å². The van der Waals surface area contributed by atoms with Crippen LogP contribution in [0.25, 0.3) is 11.1 Å². The molecule has 4 unspecified atom stereocenters. The summed E-state index contributed by atoms with van der Waals surface area (Å²) >= 11 is 7.36. The molecule has 208 valence electrons. The summed E-state index contributed by atoms with van der Waals surface area (Å²) in [7, 11) is 0. The van der Waals surface area contributed by atoms with Gasteiger partial charge in [-0.05, 0) is 108 Å². The summed E-state index contributed by atoms with van der Waals surface area (Å²) in [5.74, 6) is 2.01. The van der Waals surface area contributed by atoms with Crippen molar-refractivity contribution >= 4 is 28.7 Å². The highest BCUT2D eigenvalue weighted by Crippen LogP contribution is 2.63. The molecular formula is C39H40ClN. The van der Waals surface area contributed by atoms with Gasteiger partial charge in [0.15, 0.2) is 0 Å². The number of rotatable bonds is 3. The van der Waals surface area contributed by atoms with E-state index in [1.54, 1.807) is 5.57 Å². The van der Waals surface area contributed by atoms with Crippen LogP contribution in [-0.4, -0.2) is 0 Å². The first kappa shape index (κ1) is 26.6. The normalized spacial score (nSPS) is 24.5. The molecule has 0 aliphatic heterocycles. The quantitative estimate of drug-likeness (QED) is 0.226.